The summed E-state index contributed by atoms with van der Waals surface area (Å²) in [4.78, 5) is 32.7. The topological polar surface area (TPSA) is 95.7 Å². The molecule has 1 amide bonds. The lowest BCUT2D eigenvalue weighted by molar-refractivity contribution is 0.0348. The summed E-state index contributed by atoms with van der Waals surface area (Å²) >= 11 is 1.29. The second-order valence-corrected chi connectivity index (χ2v) is 9.67. The predicted molar refractivity (Wildman–Crippen MR) is 120 cm³/mol. The molecule has 3 heterocycles. The molecular formula is C23H24FN3O4S. The number of hydrogen-bond donors (Lipinski definition) is 2. The van der Waals surface area contributed by atoms with Crippen molar-refractivity contribution in [1.82, 2.24) is 14.5 Å². The van der Waals surface area contributed by atoms with Crippen LogP contribution in [0.3, 0.4) is 0 Å². The number of fused-ring (bicyclic) bond motifs is 1. The van der Waals surface area contributed by atoms with E-state index in [2.05, 4.69) is 4.98 Å². The number of aliphatic hydroxyl groups is 1. The van der Waals surface area contributed by atoms with E-state index in [-0.39, 0.29) is 36.3 Å². The van der Waals surface area contributed by atoms with Gasteiger partial charge in [-0.2, -0.15) is 0 Å². The first kappa shape index (κ1) is 22.2. The van der Waals surface area contributed by atoms with E-state index in [0.29, 0.717) is 11.4 Å². The third-order valence-corrected chi connectivity index (χ3v) is 6.81. The zero-order valence-electron chi connectivity index (χ0n) is 18.0. The molecule has 0 radical (unpaired) electrons. The summed E-state index contributed by atoms with van der Waals surface area (Å²) in [5.74, 6) is -1.41. The maximum Gasteiger partial charge on any atom is 0.274 e. The van der Waals surface area contributed by atoms with E-state index in [1.165, 1.54) is 39.1 Å². The van der Waals surface area contributed by atoms with Crippen molar-refractivity contribution in [2.24, 2.45) is 0 Å². The molecule has 4 rings (SSSR count). The van der Waals surface area contributed by atoms with Gasteiger partial charge in [0.2, 0.25) is 5.43 Å². The zero-order valence-corrected chi connectivity index (χ0v) is 18.8. The normalized spacial score (nSPS) is 18.3. The molecule has 32 heavy (non-hydrogen) atoms. The summed E-state index contributed by atoms with van der Waals surface area (Å²) in [7, 11) is 0. The fourth-order valence-corrected chi connectivity index (χ4v) is 4.85. The Hall–Kier alpha value is -3.04. The van der Waals surface area contributed by atoms with Gasteiger partial charge in [0.15, 0.2) is 11.4 Å². The highest BCUT2D eigenvalue weighted by Gasteiger charge is 2.42. The van der Waals surface area contributed by atoms with Crippen LogP contribution in [-0.4, -0.2) is 49.8 Å². The largest absolute Gasteiger partial charge is 0.503 e. The molecule has 0 fully saturated rings. The van der Waals surface area contributed by atoms with Crippen molar-refractivity contribution < 1.29 is 19.4 Å². The Labute approximate surface area is 188 Å². The number of nitrogens with zero attached hydrogens (tertiary/aromatic N) is 3. The lowest BCUT2D eigenvalue weighted by Crippen LogP contribution is -2.56. The van der Waals surface area contributed by atoms with Gasteiger partial charge in [0.05, 0.1) is 17.7 Å². The number of aromatic nitrogens is 2. The number of carbonyl (C=O) groups is 1. The highest BCUT2D eigenvalue weighted by molar-refractivity contribution is 7.15. The number of thiazole rings is 1. The van der Waals surface area contributed by atoms with Crippen molar-refractivity contribution in [2.75, 3.05) is 13.2 Å². The second kappa shape index (κ2) is 8.14. The molecule has 2 aromatic heterocycles. The van der Waals surface area contributed by atoms with E-state index >= 15 is 0 Å². The molecule has 2 N–H and O–H groups in total. The number of halogens is 1. The first-order valence-electron chi connectivity index (χ1n) is 10.2. The van der Waals surface area contributed by atoms with Gasteiger partial charge in [-0.15, -0.1) is 11.3 Å². The van der Waals surface area contributed by atoms with E-state index in [9.17, 15) is 24.2 Å². The van der Waals surface area contributed by atoms with Crippen molar-refractivity contribution >= 4 is 17.2 Å². The van der Waals surface area contributed by atoms with Crippen LogP contribution in [0, 0.1) is 5.82 Å². The molecule has 7 nitrogen and oxygen atoms in total. The average Bonchev–Trinajstić information content (AvgIpc) is 3.22. The smallest absolute Gasteiger partial charge is 0.274 e. The van der Waals surface area contributed by atoms with Gasteiger partial charge in [-0.1, -0.05) is 12.1 Å². The van der Waals surface area contributed by atoms with Crippen LogP contribution in [0.4, 0.5) is 4.39 Å². The molecule has 0 saturated carbocycles. The maximum absolute atomic E-state index is 13.1. The summed E-state index contributed by atoms with van der Waals surface area (Å²) in [5, 5.41) is 21.3. The number of aromatic hydroxyl groups is 1. The Morgan fingerprint density at radius 2 is 1.94 bits per heavy atom. The van der Waals surface area contributed by atoms with Gasteiger partial charge in [0.1, 0.15) is 10.8 Å². The van der Waals surface area contributed by atoms with Crippen LogP contribution in [0.5, 0.6) is 5.75 Å². The summed E-state index contributed by atoms with van der Waals surface area (Å²) in [6.07, 6.45) is 3.66. The molecule has 0 bridgehead atoms. The molecule has 9 heteroatoms. The molecule has 1 aromatic carbocycles. The minimum atomic E-state index is -0.915. The fraction of sp³-hybridized carbons (Fsp3) is 0.348. The lowest BCUT2D eigenvalue weighted by Gasteiger charge is -2.44. The van der Waals surface area contributed by atoms with Crippen molar-refractivity contribution in [3.05, 3.63) is 68.8 Å². The van der Waals surface area contributed by atoms with E-state index in [0.717, 1.165) is 10.4 Å². The van der Waals surface area contributed by atoms with Crippen LogP contribution in [-0.2, 0) is 12.0 Å². The molecule has 1 aliphatic rings. The fourth-order valence-electron chi connectivity index (χ4n) is 3.90. The third-order valence-electron chi connectivity index (χ3n) is 5.78. The zero-order chi connectivity index (χ0) is 23.2. The van der Waals surface area contributed by atoms with Crippen LogP contribution >= 0.6 is 11.3 Å². The number of aliphatic hydroxyl groups excluding tert-OH is 1. The predicted octanol–water partition coefficient (Wildman–Crippen LogP) is 2.98. The molecular weight excluding hydrogens is 433 g/mol. The number of carbonyl (C=O) groups excluding carboxylic acids is 1. The van der Waals surface area contributed by atoms with Crippen LogP contribution in [0.25, 0.3) is 10.6 Å². The number of hydrogen-bond acceptors (Lipinski definition) is 6. The average molecular weight is 458 g/mol. The third kappa shape index (κ3) is 3.71. The SMILES string of the molecule is CC(C)N1CC(C)(CO)n2cc(-c3ncc(Cc4ccc(F)cc4)s3)c(=O)c(O)c2C1=O. The monoisotopic (exact) mass is 457 g/mol. The maximum atomic E-state index is 13.1. The summed E-state index contributed by atoms with van der Waals surface area (Å²) < 4.78 is 14.6. The summed E-state index contributed by atoms with van der Waals surface area (Å²) in [6.45, 7) is 5.41. The standard InChI is InChI=1S/C23H24FN3O4S/c1-13(2)26-11-23(3,12-28)27-10-17(19(29)20(30)18(27)22(26)31)21-25-9-16(32-21)8-14-4-6-15(24)7-5-14/h4-7,9-10,13,28,30H,8,11-12H2,1-3H3. The summed E-state index contributed by atoms with van der Waals surface area (Å²) in [5.41, 5.74) is -0.663. The number of rotatable bonds is 5. The van der Waals surface area contributed by atoms with Crippen LogP contribution in [0.2, 0.25) is 0 Å². The quantitative estimate of drug-likeness (QED) is 0.614. The van der Waals surface area contributed by atoms with Crippen molar-refractivity contribution in [3.8, 4) is 16.3 Å². The highest BCUT2D eigenvalue weighted by Crippen LogP contribution is 2.34. The molecule has 1 unspecified atom stereocenters. The first-order chi connectivity index (χ1) is 15.1. The first-order valence-corrected chi connectivity index (χ1v) is 11.1. The Bertz CT molecular complexity index is 1240. The molecule has 1 atom stereocenters. The highest BCUT2D eigenvalue weighted by atomic mass is 32.1. The van der Waals surface area contributed by atoms with Gasteiger partial charge in [-0.25, -0.2) is 9.37 Å². The van der Waals surface area contributed by atoms with Crippen LogP contribution in [0.1, 0.15) is 41.7 Å². The van der Waals surface area contributed by atoms with Crippen LogP contribution in [0.15, 0.2) is 41.5 Å². The van der Waals surface area contributed by atoms with Gasteiger partial charge in [-0.05, 0) is 38.5 Å². The van der Waals surface area contributed by atoms with E-state index in [1.54, 1.807) is 25.3 Å². The summed E-state index contributed by atoms with van der Waals surface area (Å²) in [6, 6.07) is 5.99. The van der Waals surface area contributed by atoms with Crippen molar-refractivity contribution in [2.45, 2.75) is 38.8 Å². The lowest BCUT2D eigenvalue weighted by atomic mass is 9.95. The van der Waals surface area contributed by atoms with Gasteiger partial charge in [-0.3, -0.25) is 9.59 Å². The Morgan fingerprint density at radius 1 is 1.25 bits per heavy atom. The Kier molecular flexibility index (Phi) is 5.64. The molecule has 0 spiro atoms. The molecule has 0 aliphatic carbocycles. The van der Waals surface area contributed by atoms with Gasteiger partial charge in [0, 0.05) is 36.3 Å². The van der Waals surface area contributed by atoms with E-state index < -0.39 is 22.6 Å². The minimum absolute atomic E-state index is 0.127. The minimum Gasteiger partial charge on any atom is -0.503 e. The van der Waals surface area contributed by atoms with Gasteiger partial charge in [0.25, 0.3) is 5.91 Å². The number of amides is 1. The number of pyridine rings is 1. The molecule has 168 valence electrons. The van der Waals surface area contributed by atoms with Gasteiger partial charge >= 0.3 is 0 Å². The van der Waals surface area contributed by atoms with Crippen molar-refractivity contribution in [3.63, 3.8) is 0 Å². The Morgan fingerprint density at radius 3 is 2.56 bits per heavy atom. The van der Waals surface area contributed by atoms with Crippen molar-refractivity contribution in [1.29, 1.82) is 0 Å². The molecule has 3 aromatic rings. The number of benzene rings is 1. The molecule has 0 saturated heterocycles. The second-order valence-electron chi connectivity index (χ2n) is 8.56. The van der Waals surface area contributed by atoms with Crippen LogP contribution < -0.4 is 5.43 Å². The molecule has 1 aliphatic heterocycles. The Balaban J connectivity index is 1.78. The van der Waals surface area contributed by atoms with Gasteiger partial charge < -0.3 is 19.7 Å². The van der Waals surface area contributed by atoms with E-state index in [4.69, 9.17) is 0 Å². The van der Waals surface area contributed by atoms with E-state index in [1.807, 2.05) is 13.8 Å².